The molecule has 0 saturated carbocycles. The number of rotatable bonds is 4. The molecule has 2 aromatic rings. The van der Waals surface area contributed by atoms with Crippen LogP contribution in [-0.2, 0) is 0 Å². The fourth-order valence-corrected chi connectivity index (χ4v) is 2.14. The Balaban J connectivity index is 2.38. The van der Waals surface area contributed by atoms with Crippen molar-refractivity contribution in [3.8, 4) is 0 Å². The molecule has 7 heteroatoms. The van der Waals surface area contributed by atoms with E-state index in [1.807, 2.05) is 0 Å². The van der Waals surface area contributed by atoms with Crippen LogP contribution in [0, 0.1) is 0 Å². The van der Waals surface area contributed by atoms with E-state index in [1.54, 1.807) is 12.1 Å². The van der Waals surface area contributed by atoms with Gasteiger partial charge in [0.1, 0.15) is 11.3 Å². The summed E-state index contributed by atoms with van der Waals surface area (Å²) in [6, 6.07) is 3.32. The summed E-state index contributed by atoms with van der Waals surface area (Å²) in [6.07, 6.45) is 0.0269. The highest BCUT2D eigenvalue weighted by atomic mass is 79.9. The van der Waals surface area contributed by atoms with Crippen molar-refractivity contribution in [1.29, 1.82) is 0 Å². The smallest absolute Gasteiger partial charge is 0.153 e. The van der Waals surface area contributed by atoms with Crippen molar-refractivity contribution < 1.29 is 10.2 Å². The van der Waals surface area contributed by atoms with Gasteiger partial charge in [0, 0.05) is 5.33 Å². The molecule has 92 valence electrons. The topological polar surface area (TPSA) is 70.7 Å². The molecule has 2 N–H and O–H groups in total. The van der Waals surface area contributed by atoms with Gasteiger partial charge in [0.05, 0.1) is 18.0 Å². The first kappa shape index (κ1) is 12.8. The van der Waals surface area contributed by atoms with Crippen molar-refractivity contribution in [1.82, 2.24) is 14.6 Å². The molecule has 0 aliphatic rings. The first-order valence-corrected chi connectivity index (χ1v) is 6.55. The molecule has 0 aliphatic carbocycles. The summed E-state index contributed by atoms with van der Waals surface area (Å²) in [5, 5.41) is 24.7. The van der Waals surface area contributed by atoms with Gasteiger partial charge in [-0.25, -0.2) is 9.50 Å². The van der Waals surface area contributed by atoms with Gasteiger partial charge in [0.25, 0.3) is 0 Å². The Bertz CT molecular complexity index is 519. The first-order chi connectivity index (χ1) is 8.13. The van der Waals surface area contributed by atoms with E-state index in [0.717, 1.165) is 0 Å². The highest BCUT2D eigenvalue weighted by Crippen LogP contribution is 2.20. The van der Waals surface area contributed by atoms with Gasteiger partial charge in [-0.3, -0.25) is 0 Å². The van der Waals surface area contributed by atoms with E-state index in [-0.39, 0.29) is 0 Å². The number of hydrogen-bond acceptors (Lipinski definition) is 4. The third-order valence-electron chi connectivity index (χ3n) is 2.43. The maximum atomic E-state index is 9.98. The lowest BCUT2D eigenvalue weighted by molar-refractivity contribution is 0.0137. The van der Waals surface area contributed by atoms with E-state index in [1.165, 1.54) is 10.7 Å². The van der Waals surface area contributed by atoms with Crippen molar-refractivity contribution in [3.63, 3.8) is 0 Å². The maximum absolute atomic E-state index is 9.98. The van der Waals surface area contributed by atoms with Crippen molar-refractivity contribution in [3.05, 3.63) is 29.2 Å². The number of nitrogens with zero attached hydrogens (tertiary/aromatic N) is 3. The average Bonchev–Trinajstić information content (AvgIpc) is 2.71. The SMILES string of the molecule is OC(CCBr)C(O)c1cnc2ccc(Cl)nn12. The Hall–Kier alpha value is -0.690. The fraction of sp³-hybridized carbons (Fsp3) is 0.400. The highest BCUT2D eigenvalue weighted by molar-refractivity contribution is 9.09. The summed E-state index contributed by atoms with van der Waals surface area (Å²) in [5.74, 6) is 0. The molecular weight excluding hydrogens is 309 g/mol. The molecule has 0 amide bonds. The van der Waals surface area contributed by atoms with Gasteiger partial charge < -0.3 is 10.2 Å². The van der Waals surface area contributed by atoms with Crippen LogP contribution in [0.5, 0.6) is 0 Å². The number of hydrogen-bond donors (Lipinski definition) is 2. The monoisotopic (exact) mass is 319 g/mol. The molecule has 2 aromatic heterocycles. The molecule has 0 radical (unpaired) electrons. The zero-order valence-corrected chi connectivity index (χ0v) is 11.1. The van der Waals surface area contributed by atoms with Crippen molar-refractivity contribution in [2.45, 2.75) is 18.6 Å². The molecule has 0 aromatic carbocycles. The van der Waals surface area contributed by atoms with E-state index in [0.29, 0.717) is 28.2 Å². The van der Waals surface area contributed by atoms with Crippen molar-refractivity contribution >= 4 is 33.2 Å². The van der Waals surface area contributed by atoms with Gasteiger partial charge >= 0.3 is 0 Å². The van der Waals surface area contributed by atoms with Crippen LogP contribution in [0.4, 0.5) is 0 Å². The summed E-state index contributed by atoms with van der Waals surface area (Å²) >= 11 is 8.99. The van der Waals surface area contributed by atoms with Crippen LogP contribution in [0.15, 0.2) is 18.3 Å². The minimum Gasteiger partial charge on any atom is -0.390 e. The van der Waals surface area contributed by atoms with E-state index in [4.69, 9.17) is 11.6 Å². The van der Waals surface area contributed by atoms with Gasteiger partial charge in [-0.2, -0.15) is 5.10 Å². The molecule has 0 spiro atoms. The lowest BCUT2D eigenvalue weighted by Crippen LogP contribution is -2.20. The molecule has 0 aliphatic heterocycles. The van der Waals surface area contributed by atoms with E-state index >= 15 is 0 Å². The largest absolute Gasteiger partial charge is 0.390 e. The second kappa shape index (κ2) is 5.30. The fourth-order valence-electron chi connectivity index (χ4n) is 1.54. The first-order valence-electron chi connectivity index (χ1n) is 5.05. The Kier molecular flexibility index (Phi) is 3.98. The van der Waals surface area contributed by atoms with Gasteiger partial charge in [-0.05, 0) is 18.6 Å². The van der Waals surface area contributed by atoms with Crippen LogP contribution < -0.4 is 0 Å². The van der Waals surface area contributed by atoms with Crippen LogP contribution in [0.1, 0.15) is 18.2 Å². The molecule has 0 fully saturated rings. The minimum atomic E-state index is -1.03. The van der Waals surface area contributed by atoms with Crippen LogP contribution in [-0.4, -0.2) is 36.2 Å². The van der Waals surface area contributed by atoms with Crippen molar-refractivity contribution in [2.24, 2.45) is 0 Å². The zero-order chi connectivity index (χ0) is 12.4. The second-order valence-electron chi connectivity index (χ2n) is 3.60. The van der Waals surface area contributed by atoms with E-state index in [9.17, 15) is 10.2 Å². The molecule has 2 atom stereocenters. The molecule has 0 saturated heterocycles. The van der Waals surface area contributed by atoms with Crippen molar-refractivity contribution in [2.75, 3.05) is 5.33 Å². The summed E-state index contributed by atoms with van der Waals surface area (Å²) in [5.41, 5.74) is 1.01. The lowest BCUT2D eigenvalue weighted by Gasteiger charge is -2.15. The molecule has 2 heterocycles. The third-order valence-corrected chi connectivity index (χ3v) is 3.09. The van der Waals surface area contributed by atoms with Gasteiger partial charge in [-0.15, -0.1) is 0 Å². The third kappa shape index (κ3) is 2.60. The maximum Gasteiger partial charge on any atom is 0.153 e. The Morgan fingerprint density at radius 1 is 1.41 bits per heavy atom. The van der Waals surface area contributed by atoms with Crippen LogP contribution in [0.2, 0.25) is 5.15 Å². The normalized spacial score (nSPS) is 15.1. The molecule has 17 heavy (non-hydrogen) atoms. The zero-order valence-electron chi connectivity index (χ0n) is 8.79. The average molecular weight is 321 g/mol. The second-order valence-corrected chi connectivity index (χ2v) is 4.78. The number of imidazole rings is 1. The molecule has 2 unspecified atom stereocenters. The molecule has 2 rings (SSSR count). The number of aliphatic hydroxyl groups excluding tert-OH is 2. The number of halogens is 2. The molecular formula is C10H11BrClN3O2. The number of alkyl halides is 1. The van der Waals surface area contributed by atoms with Crippen LogP contribution in [0.25, 0.3) is 5.65 Å². The Morgan fingerprint density at radius 3 is 2.88 bits per heavy atom. The van der Waals surface area contributed by atoms with Gasteiger partial charge in [0.15, 0.2) is 5.65 Å². The lowest BCUT2D eigenvalue weighted by atomic mass is 10.1. The number of aromatic nitrogens is 3. The Morgan fingerprint density at radius 2 is 2.18 bits per heavy atom. The summed E-state index contributed by atoms with van der Waals surface area (Å²) in [4.78, 5) is 4.08. The van der Waals surface area contributed by atoms with Crippen LogP contribution in [0.3, 0.4) is 0 Å². The van der Waals surface area contributed by atoms with E-state index in [2.05, 4.69) is 26.0 Å². The highest BCUT2D eigenvalue weighted by Gasteiger charge is 2.22. The molecule has 0 bridgehead atoms. The quantitative estimate of drug-likeness (QED) is 0.839. The predicted octanol–water partition coefficient (Wildman–Crippen LogP) is 1.56. The Labute approximate surface area is 111 Å². The number of aliphatic hydroxyl groups is 2. The summed E-state index contributed by atoms with van der Waals surface area (Å²) in [7, 11) is 0. The summed E-state index contributed by atoms with van der Waals surface area (Å²) < 4.78 is 1.43. The van der Waals surface area contributed by atoms with E-state index < -0.39 is 12.2 Å². The van der Waals surface area contributed by atoms with Crippen LogP contribution >= 0.6 is 27.5 Å². The minimum absolute atomic E-state index is 0.305. The predicted molar refractivity (Wildman–Crippen MR) is 67.4 cm³/mol. The number of fused-ring (bicyclic) bond motifs is 1. The molecule has 5 nitrogen and oxygen atoms in total. The van der Waals surface area contributed by atoms with Gasteiger partial charge in [-0.1, -0.05) is 27.5 Å². The van der Waals surface area contributed by atoms with Gasteiger partial charge in [0.2, 0.25) is 0 Å². The summed E-state index contributed by atoms with van der Waals surface area (Å²) in [6.45, 7) is 0. The standard InChI is InChI=1S/C10H11BrClN3O2/c11-4-3-7(16)10(17)6-5-13-9-2-1-8(12)14-15(6)9/h1-2,5,7,10,16-17H,3-4H2.